The van der Waals surface area contributed by atoms with E-state index in [2.05, 4.69) is 45.5 Å². The molecule has 0 fully saturated rings. The van der Waals surface area contributed by atoms with Crippen molar-refractivity contribution in [1.82, 2.24) is 0 Å². The summed E-state index contributed by atoms with van der Waals surface area (Å²) in [6.45, 7) is 0. The molecule has 0 saturated heterocycles. The van der Waals surface area contributed by atoms with E-state index in [0.29, 0.717) is 26.5 Å². The maximum atomic E-state index is 12.8. The van der Waals surface area contributed by atoms with Gasteiger partial charge in [-0.3, -0.25) is 4.79 Å². The van der Waals surface area contributed by atoms with E-state index in [1.165, 1.54) is 24.0 Å². The number of hydrogen-bond donors (Lipinski definition) is 1. The molecule has 0 aliphatic heterocycles. The first-order chi connectivity index (χ1) is 14.1. The number of fused-ring (bicyclic) bond motifs is 1. The van der Waals surface area contributed by atoms with Crippen LogP contribution in [0.15, 0.2) is 59.1 Å². The van der Waals surface area contributed by atoms with Crippen LogP contribution in [0.1, 0.15) is 49.1 Å². The Balaban J connectivity index is 1.67. The van der Waals surface area contributed by atoms with E-state index in [-0.39, 0.29) is 5.91 Å². The number of nitrogens with one attached hydrogen (secondary N) is 1. The Hall–Kier alpha value is -2.44. The van der Waals surface area contributed by atoms with Crippen LogP contribution in [0.5, 0.6) is 0 Å². The first kappa shape index (κ1) is 19.9. The molecule has 1 aromatic heterocycles. The number of halogens is 1. The number of hydrogen-bond acceptors (Lipinski definition) is 4. The van der Waals surface area contributed by atoms with Crippen LogP contribution < -0.4 is 5.32 Å². The van der Waals surface area contributed by atoms with Crippen molar-refractivity contribution < 1.29 is 14.3 Å². The molecule has 1 N–H and O–H groups in total. The third-order valence-corrected chi connectivity index (χ3v) is 7.13. The van der Waals surface area contributed by atoms with E-state index in [4.69, 9.17) is 4.74 Å². The van der Waals surface area contributed by atoms with Crippen molar-refractivity contribution >= 4 is 44.1 Å². The molecule has 148 valence electrons. The minimum atomic E-state index is -0.400. The van der Waals surface area contributed by atoms with Crippen molar-refractivity contribution in [3.05, 3.63) is 86.2 Å². The molecule has 1 heterocycles. The summed E-state index contributed by atoms with van der Waals surface area (Å²) in [5.41, 5.74) is 3.35. The zero-order valence-corrected chi connectivity index (χ0v) is 18.3. The first-order valence-electron chi connectivity index (χ1n) is 9.42. The van der Waals surface area contributed by atoms with Gasteiger partial charge in [0.15, 0.2) is 0 Å². The highest BCUT2D eigenvalue weighted by Gasteiger charge is 2.30. The molecule has 0 radical (unpaired) electrons. The van der Waals surface area contributed by atoms with Gasteiger partial charge in [-0.1, -0.05) is 42.5 Å². The maximum Gasteiger partial charge on any atom is 0.341 e. The normalized spacial score (nSPS) is 15.4. The average Bonchev–Trinajstić information content (AvgIpc) is 3.11. The predicted octanol–water partition coefficient (Wildman–Crippen LogP) is 5.82. The quantitative estimate of drug-likeness (QED) is 0.489. The molecule has 3 aromatic rings. The Bertz CT molecular complexity index is 1060. The predicted molar refractivity (Wildman–Crippen MR) is 119 cm³/mol. The fourth-order valence-corrected chi connectivity index (χ4v) is 5.59. The van der Waals surface area contributed by atoms with Crippen LogP contribution in [0.3, 0.4) is 0 Å². The fourth-order valence-electron chi connectivity index (χ4n) is 3.82. The Morgan fingerprint density at radius 3 is 2.55 bits per heavy atom. The Labute approximate surface area is 182 Å². The van der Waals surface area contributed by atoms with Gasteiger partial charge in [0, 0.05) is 9.35 Å². The second-order valence-corrected chi connectivity index (χ2v) is 8.94. The van der Waals surface area contributed by atoms with Crippen LogP contribution in [-0.2, 0) is 17.6 Å². The van der Waals surface area contributed by atoms with Gasteiger partial charge in [0.2, 0.25) is 0 Å². The molecule has 6 heteroatoms. The molecule has 0 spiro atoms. The molecular formula is C23H20BrNO3S. The van der Waals surface area contributed by atoms with Gasteiger partial charge in [-0.25, -0.2) is 4.79 Å². The van der Waals surface area contributed by atoms with Gasteiger partial charge in [0.05, 0.1) is 18.2 Å². The first-order valence-corrected chi connectivity index (χ1v) is 11.0. The molecule has 0 unspecified atom stereocenters. The van der Waals surface area contributed by atoms with E-state index in [9.17, 15) is 9.59 Å². The highest BCUT2D eigenvalue weighted by atomic mass is 79.9. The van der Waals surface area contributed by atoms with Crippen molar-refractivity contribution in [3.8, 4) is 0 Å². The summed E-state index contributed by atoms with van der Waals surface area (Å²) in [5, 5.41) is 3.51. The molecule has 4 nitrogen and oxygen atoms in total. The lowest BCUT2D eigenvalue weighted by Crippen LogP contribution is -2.16. The lowest BCUT2D eigenvalue weighted by atomic mass is 9.83. The lowest BCUT2D eigenvalue weighted by Gasteiger charge is -2.22. The highest BCUT2D eigenvalue weighted by molar-refractivity contribution is 9.10. The van der Waals surface area contributed by atoms with Crippen LogP contribution in [0.2, 0.25) is 0 Å². The number of rotatable bonds is 4. The summed E-state index contributed by atoms with van der Waals surface area (Å²) in [6, 6.07) is 17.7. The molecule has 4 rings (SSSR count). The maximum absolute atomic E-state index is 12.8. The van der Waals surface area contributed by atoms with E-state index >= 15 is 0 Å². The van der Waals surface area contributed by atoms with Crippen LogP contribution in [0.25, 0.3) is 0 Å². The van der Waals surface area contributed by atoms with Gasteiger partial charge in [-0.05, 0) is 64.4 Å². The smallest absolute Gasteiger partial charge is 0.341 e. The molecule has 1 aliphatic carbocycles. The third kappa shape index (κ3) is 4.00. The number of ether oxygens (including phenoxy) is 1. The zero-order chi connectivity index (χ0) is 20.4. The van der Waals surface area contributed by atoms with Gasteiger partial charge in [-0.2, -0.15) is 0 Å². The fraction of sp³-hybridized carbons (Fsp3) is 0.217. The summed E-state index contributed by atoms with van der Waals surface area (Å²) in [7, 11) is 1.38. The number of thiophene rings is 1. The Kier molecular flexibility index (Phi) is 5.83. The van der Waals surface area contributed by atoms with E-state index in [1.807, 2.05) is 24.3 Å². The molecule has 0 saturated carbocycles. The molecule has 29 heavy (non-hydrogen) atoms. The number of esters is 1. The van der Waals surface area contributed by atoms with Crippen LogP contribution in [0.4, 0.5) is 5.00 Å². The average molecular weight is 470 g/mol. The molecule has 1 aliphatic rings. The highest BCUT2D eigenvalue weighted by Crippen LogP contribution is 2.43. The van der Waals surface area contributed by atoms with Crippen molar-refractivity contribution in [2.75, 3.05) is 12.4 Å². The topological polar surface area (TPSA) is 55.4 Å². The number of carbonyl (C=O) groups is 2. The summed E-state index contributed by atoms with van der Waals surface area (Å²) in [5.74, 6) is -0.233. The summed E-state index contributed by atoms with van der Waals surface area (Å²) in [4.78, 5) is 26.5. The van der Waals surface area contributed by atoms with Crippen molar-refractivity contribution in [3.63, 3.8) is 0 Å². The van der Waals surface area contributed by atoms with Gasteiger partial charge >= 0.3 is 5.97 Å². The van der Waals surface area contributed by atoms with Gasteiger partial charge < -0.3 is 10.1 Å². The second-order valence-electron chi connectivity index (χ2n) is 6.98. The van der Waals surface area contributed by atoms with E-state index in [1.54, 1.807) is 6.07 Å². The monoisotopic (exact) mass is 469 g/mol. The SMILES string of the molecule is COC(=O)c1c(NC(=O)c2ccccc2Br)sc2c1CC[C@H](c1ccccc1)C2. The van der Waals surface area contributed by atoms with Crippen molar-refractivity contribution in [2.45, 2.75) is 25.2 Å². The number of anilines is 1. The lowest BCUT2D eigenvalue weighted by molar-refractivity contribution is 0.0601. The van der Waals surface area contributed by atoms with Crippen LogP contribution >= 0.6 is 27.3 Å². The molecule has 1 atom stereocenters. The molecular weight excluding hydrogens is 450 g/mol. The number of methoxy groups -OCH3 is 1. The minimum Gasteiger partial charge on any atom is -0.465 e. The molecule has 1 amide bonds. The van der Waals surface area contributed by atoms with Crippen LogP contribution in [0, 0.1) is 0 Å². The van der Waals surface area contributed by atoms with Crippen molar-refractivity contribution in [1.29, 1.82) is 0 Å². The van der Waals surface area contributed by atoms with Gasteiger partial charge in [-0.15, -0.1) is 11.3 Å². The Morgan fingerprint density at radius 2 is 1.83 bits per heavy atom. The van der Waals surface area contributed by atoms with Crippen molar-refractivity contribution in [2.24, 2.45) is 0 Å². The second kappa shape index (κ2) is 8.51. The van der Waals surface area contributed by atoms with Crippen LogP contribution in [-0.4, -0.2) is 19.0 Å². The number of benzene rings is 2. The number of carbonyl (C=O) groups excluding carboxylic acids is 2. The standard InChI is InChI=1S/C23H20BrNO3S/c1-28-23(27)20-17-12-11-15(14-7-3-2-4-8-14)13-19(17)29-22(20)25-21(26)16-9-5-6-10-18(16)24/h2-10,15H,11-13H2,1H3,(H,25,26)/t15-/m0/s1. The third-order valence-electron chi connectivity index (χ3n) is 5.27. The van der Waals surface area contributed by atoms with E-state index < -0.39 is 5.97 Å². The largest absolute Gasteiger partial charge is 0.465 e. The van der Waals surface area contributed by atoms with Gasteiger partial charge in [0.1, 0.15) is 5.00 Å². The van der Waals surface area contributed by atoms with E-state index in [0.717, 1.165) is 29.7 Å². The number of amides is 1. The minimum absolute atomic E-state index is 0.249. The van der Waals surface area contributed by atoms with Gasteiger partial charge in [0.25, 0.3) is 5.91 Å². The molecule has 2 aromatic carbocycles. The summed E-state index contributed by atoms with van der Waals surface area (Å²) in [6.07, 6.45) is 2.62. The summed E-state index contributed by atoms with van der Waals surface area (Å²) < 4.78 is 5.74. The summed E-state index contributed by atoms with van der Waals surface area (Å²) >= 11 is 4.90. The molecule has 0 bridgehead atoms. The zero-order valence-electron chi connectivity index (χ0n) is 15.9. The Morgan fingerprint density at radius 1 is 1.10 bits per heavy atom.